The summed E-state index contributed by atoms with van der Waals surface area (Å²) in [5.74, 6) is 0.885. The van der Waals surface area contributed by atoms with Gasteiger partial charge in [-0.1, -0.05) is 36.8 Å². The van der Waals surface area contributed by atoms with Crippen molar-refractivity contribution in [3.05, 3.63) is 35.9 Å². The topological polar surface area (TPSA) is 54.9 Å². The summed E-state index contributed by atoms with van der Waals surface area (Å²) < 4.78 is 11.3. The second-order valence-electron chi connectivity index (χ2n) is 7.33. The van der Waals surface area contributed by atoms with Gasteiger partial charge >= 0.3 is 0 Å². The number of nitrogens with zero attached hydrogens (tertiary/aromatic N) is 1. The van der Waals surface area contributed by atoms with Crippen LogP contribution in [0.4, 0.5) is 0 Å². The van der Waals surface area contributed by atoms with Crippen molar-refractivity contribution in [3.63, 3.8) is 0 Å². The molecular formula is C21H33N3O2. The van der Waals surface area contributed by atoms with E-state index in [9.17, 15) is 0 Å². The maximum absolute atomic E-state index is 5.72. The molecule has 2 aliphatic rings. The van der Waals surface area contributed by atoms with E-state index in [0.717, 1.165) is 45.0 Å². The smallest absolute Gasteiger partial charge is 0.191 e. The highest BCUT2D eigenvalue weighted by molar-refractivity contribution is 5.79. The lowest BCUT2D eigenvalue weighted by molar-refractivity contribution is 0.0191. The molecular weight excluding hydrogens is 326 g/mol. The minimum atomic E-state index is 0.222. The molecule has 0 bridgehead atoms. The maximum atomic E-state index is 5.72. The Hall–Kier alpha value is -1.59. The normalized spacial score (nSPS) is 22.0. The molecule has 1 aliphatic carbocycles. The number of ether oxygens (including phenoxy) is 2. The van der Waals surface area contributed by atoms with E-state index in [1.165, 1.54) is 24.8 Å². The molecule has 1 aromatic rings. The molecule has 1 aromatic carbocycles. The first-order valence-corrected chi connectivity index (χ1v) is 10.1. The van der Waals surface area contributed by atoms with Gasteiger partial charge in [0, 0.05) is 25.1 Å². The molecule has 0 spiro atoms. The zero-order valence-corrected chi connectivity index (χ0v) is 16.0. The minimum absolute atomic E-state index is 0.222. The molecule has 1 atom stereocenters. The number of nitrogens with one attached hydrogen (secondary N) is 2. The van der Waals surface area contributed by atoms with Crippen molar-refractivity contribution in [2.75, 3.05) is 39.5 Å². The van der Waals surface area contributed by atoms with Crippen LogP contribution in [-0.2, 0) is 14.9 Å². The van der Waals surface area contributed by atoms with E-state index in [-0.39, 0.29) is 5.41 Å². The van der Waals surface area contributed by atoms with Crippen LogP contribution in [-0.4, -0.2) is 51.5 Å². The van der Waals surface area contributed by atoms with E-state index in [0.29, 0.717) is 19.3 Å². The number of hydrogen-bond acceptors (Lipinski definition) is 3. The summed E-state index contributed by atoms with van der Waals surface area (Å²) in [5.41, 5.74) is 1.64. The van der Waals surface area contributed by atoms with E-state index >= 15 is 0 Å². The van der Waals surface area contributed by atoms with Crippen molar-refractivity contribution >= 4 is 5.96 Å². The summed E-state index contributed by atoms with van der Waals surface area (Å²) in [6.45, 7) is 6.82. The van der Waals surface area contributed by atoms with Crippen LogP contribution in [0.25, 0.3) is 0 Å². The molecule has 1 heterocycles. The lowest BCUT2D eigenvalue weighted by atomic mass is 9.64. The van der Waals surface area contributed by atoms with Gasteiger partial charge in [-0.05, 0) is 38.2 Å². The molecule has 5 nitrogen and oxygen atoms in total. The molecule has 2 fully saturated rings. The Morgan fingerprint density at radius 2 is 2.08 bits per heavy atom. The SMILES string of the molecule is CCNC(=NCC1(c2ccccc2)CCC1)NCCOCC1CCCO1. The Bertz CT molecular complexity index is 552. The first-order chi connectivity index (χ1) is 12.8. The Labute approximate surface area is 157 Å². The van der Waals surface area contributed by atoms with Crippen LogP contribution < -0.4 is 10.6 Å². The lowest BCUT2D eigenvalue weighted by Crippen LogP contribution is -2.42. The van der Waals surface area contributed by atoms with E-state index in [2.05, 4.69) is 47.9 Å². The van der Waals surface area contributed by atoms with Crippen molar-refractivity contribution in [2.45, 2.75) is 50.5 Å². The molecule has 5 heteroatoms. The third-order valence-corrected chi connectivity index (χ3v) is 5.45. The lowest BCUT2D eigenvalue weighted by Gasteiger charge is -2.41. The molecule has 1 saturated carbocycles. The Kier molecular flexibility index (Phi) is 7.32. The molecule has 0 radical (unpaired) electrons. The summed E-state index contributed by atoms with van der Waals surface area (Å²) in [5, 5.41) is 6.74. The quantitative estimate of drug-likeness (QED) is 0.404. The van der Waals surface area contributed by atoms with Crippen LogP contribution in [0.15, 0.2) is 35.3 Å². The largest absolute Gasteiger partial charge is 0.377 e. The molecule has 2 N–H and O–H groups in total. The van der Waals surface area contributed by atoms with Gasteiger partial charge in [-0.25, -0.2) is 0 Å². The molecule has 26 heavy (non-hydrogen) atoms. The van der Waals surface area contributed by atoms with Crippen LogP contribution in [0.5, 0.6) is 0 Å². The van der Waals surface area contributed by atoms with Crippen LogP contribution in [0, 0.1) is 0 Å². The summed E-state index contributed by atoms with van der Waals surface area (Å²) in [4.78, 5) is 4.87. The van der Waals surface area contributed by atoms with Crippen LogP contribution >= 0.6 is 0 Å². The van der Waals surface area contributed by atoms with Crippen molar-refractivity contribution in [3.8, 4) is 0 Å². The second kappa shape index (κ2) is 9.93. The average molecular weight is 360 g/mol. The zero-order chi connectivity index (χ0) is 18.1. The average Bonchev–Trinajstić information content (AvgIpc) is 3.15. The Morgan fingerprint density at radius 1 is 1.23 bits per heavy atom. The highest BCUT2D eigenvalue weighted by Gasteiger charge is 2.38. The standard InChI is InChI=1S/C21H33N3O2/c1-2-22-20(23-13-15-25-16-19-10-6-14-26-19)24-17-21(11-7-12-21)18-8-4-3-5-9-18/h3-5,8-9,19H,2,6-7,10-17H2,1H3,(H2,22,23,24). The van der Waals surface area contributed by atoms with Gasteiger partial charge in [0.1, 0.15) is 0 Å². The van der Waals surface area contributed by atoms with Gasteiger partial charge in [0.05, 0.1) is 25.9 Å². The molecule has 1 unspecified atom stereocenters. The number of rotatable bonds is 9. The maximum Gasteiger partial charge on any atom is 0.191 e. The second-order valence-corrected chi connectivity index (χ2v) is 7.33. The third kappa shape index (κ3) is 5.21. The summed E-state index contributed by atoms with van der Waals surface area (Å²) >= 11 is 0. The Balaban J connectivity index is 1.45. The predicted molar refractivity (Wildman–Crippen MR) is 106 cm³/mol. The highest BCUT2D eigenvalue weighted by Crippen LogP contribution is 2.43. The summed E-state index contributed by atoms with van der Waals surface area (Å²) in [7, 11) is 0. The Morgan fingerprint density at radius 3 is 2.73 bits per heavy atom. The monoisotopic (exact) mass is 359 g/mol. The van der Waals surface area contributed by atoms with Gasteiger partial charge in [0.25, 0.3) is 0 Å². The fourth-order valence-electron chi connectivity index (χ4n) is 3.74. The van der Waals surface area contributed by atoms with E-state index in [4.69, 9.17) is 14.5 Å². The van der Waals surface area contributed by atoms with E-state index in [1.807, 2.05) is 0 Å². The first-order valence-electron chi connectivity index (χ1n) is 10.1. The minimum Gasteiger partial charge on any atom is -0.377 e. The third-order valence-electron chi connectivity index (χ3n) is 5.45. The molecule has 3 rings (SSSR count). The van der Waals surface area contributed by atoms with Gasteiger partial charge < -0.3 is 20.1 Å². The van der Waals surface area contributed by atoms with Gasteiger partial charge in [0.2, 0.25) is 0 Å². The highest BCUT2D eigenvalue weighted by atomic mass is 16.5. The summed E-state index contributed by atoms with van der Waals surface area (Å²) in [6.07, 6.45) is 6.33. The fraction of sp³-hybridized carbons (Fsp3) is 0.667. The van der Waals surface area contributed by atoms with Crippen LogP contribution in [0.1, 0.15) is 44.6 Å². The summed E-state index contributed by atoms with van der Waals surface area (Å²) in [6, 6.07) is 10.8. The number of benzene rings is 1. The van der Waals surface area contributed by atoms with Crippen molar-refractivity contribution in [1.82, 2.24) is 10.6 Å². The molecule has 144 valence electrons. The predicted octanol–water partition coefficient (Wildman–Crippen LogP) is 2.86. The number of hydrogen-bond donors (Lipinski definition) is 2. The van der Waals surface area contributed by atoms with Gasteiger partial charge in [0.15, 0.2) is 5.96 Å². The van der Waals surface area contributed by atoms with Gasteiger partial charge in [-0.2, -0.15) is 0 Å². The number of aliphatic imine (C=N–C) groups is 1. The van der Waals surface area contributed by atoms with E-state index < -0.39 is 0 Å². The molecule has 1 saturated heterocycles. The van der Waals surface area contributed by atoms with Gasteiger partial charge in [-0.15, -0.1) is 0 Å². The fourth-order valence-corrected chi connectivity index (χ4v) is 3.74. The van der Waals surface area contributed by atoms with Crippen molar-refractivity contribution in [1.29, 1.82) is 0 Å². The van der Waals surface area contributed by atoms with Crippen molar-refractivity contribution in [2.24, 2.45) is 4.99 Å². The number of guanidine groups is 1. The van der Waals surface area contributed by atoms with Crippen LogP contribution in [0.3, 0.4) is 0 Å². The zero-order valence-electron chi connectivity index (χ0n) is 16.0. The molecule has 0 amide bonds. The molecule has 1 aliphatic heterocycles. The van der Waals surface area contributed by atoms with Crippen LogP contribution in [0.2, 0.25) is 0 Å². The van der Waals surface area contributed by atoms with Crippen molar-refractivity contribution < 1.29 is 9.47 Å². The van der Waals surface area contributed by atoms with E-state index in [1.54, 1.807) is 0 Å². The molecule has 0 aromatic heterocycles. The first kappa shape index (κ1) is 19.2. The van der Waals surface area contributed by atoms with Gasteiger partial charge in [-0.3, -0.25) is 4.99 Å².